The zero-order valence-corrected chi connectivity index (χ0v) is 17.6. The van der Waals surface area contributed by atoms with Crippen molar-refractivity contribution in [3.63, 3.8) is 0 Å². The highest BCUT2D eigenvalue weighted by atomic mass is 14.9. The molecule has 0 aliphatic rings. The van der Waals surface area contributed by atoms with Gasteiger partial charge in [-0.05, 0) is 37.1 Å². The first-order valence-electron chi connectivity index (χ1n) is 10.5. The van der Waals surface area contributed by atoms with Gasteiger partial charge in [-0.1, -0.05) is 12.1 Å². The Hall–Kier alpha value is -2.52. The van der Waals surface area contributed by atoms with E-state index in [1.807, 2.05) is 48.8 Å². The molecular weight excluding hydrogens is 376 g/mol. The van der Waals surface area contributed by atoms with Gasteiger partial charge in [-0.2, -0.15) is 0 Å². The first-order valence-corrected chi connectivity index (χ1v) is 10.5. The number of pyridine rings is 2. The highest BCUT2D eigenvalue weighted by Gasteiger charge is 2.01. The van der Waals surface area contributed by atoms with Crippen LogP contribution in [0.15, 0.2) is 46.4 Å². The Morgan fingerprint density at radius 1 is 0.700 bits per heavy atom. The average Bonchev–Trinajstić information content (AvgIpc) is 2.78. The van der Waals surface area contributed by atoms with Gasteiger partial charge in [0.2, 0.25) is 0 Å². The van der Waals surface area contributed by atoms with Crippen molar-refractivity contribution in [1.29, 1.82) is 0 Å². The van der Waals surface area contributed by atoms with Gasteiger partial charge in [0.05, 0.1) is 24.5 Å². The molecule has 6 N–H and O–H groups in total. The monoisotopic (exact) mass is 410 g/mol. The van der Waals surface area contributed by atoms with E-state index in [1.54, 1.807) is 0 Å². The molecule has 0 saturated carbocycles. The Morgan fingerprint density at radius 3 is 1.60 bits per heavy atom. The predicted octanol–water partition coefficient (Wildman–Crippen LogP) is 0.196. The quantitative estimate of drug-likeness (QED) is 0.245. The van der Waals surface area contributed by atoms with Crippen LogP contribution in [0.2, 0.25) is 0 Å². The van der Waals surface area contributed by atoms with Crippen molar-refractivity contribution < 1.29 is 0 Å². The number of hydrogen-bond acceptors (Lipinski definition) is 8. The van der Waals surface area contributed by atoms with Crippen molar-refractivity contribution in [3.05, 3.63) is 59.2 Å². The Kier molecular flexibility index (Phi) is 12.1. The van der Waals surface area contributed by atoms with Gasteiger partial charge in [0.15, 0.2) is 0 Å². The van der Waals surface area contributed by atoms with Gasteiger partial charge >= 0.3 is 0 Å². The van der Waals surface area contributed by atoms with E-state index in [9.17, 15) is 0 Å². The summed E-state index contributed by atoms with van der Waals surface area (Å²) in [5, 5.41) is 6.43. The molecule has 2 aromatic heterocycles. The molecule has 8 nitrogen and oxygen atoms in total. The lowest BCUT2D eigenvalue weighted by Crippen LogP contribution is -2.24. The molecule has 0 radical (unpaired) electrons. The van der Waals surface area contributed by atoms with E-state index in [-0.39, 0.29) is 0 Å². The second-order valence-corrected chi connectivity index (χ2v) is 6.76. The van der Waals surface area contributed by atoms with Crippen LogP contribution in [-0.2, 0) is 12.8 Å². The lowest BCUT2D eigenvalue weighted by atomic mass is 10.1. The molecule has 0 unspecified atom stereocenters. The number of nitrogens with two attached hydrogens (primary N) is 2. The van der Waals surface area contributed by atoms with Crippen LogP contribution in [0.25, 0.3) is 0 Å². The van der Waals surface area contributed by atoms with Crippen molar-refractivity contribution in [2.45, 2.75) is 12.8 Å². The maximum absolute atomic E-state index is 5.44. The molecule has 0 aromatic carbocycles. The molecule has 30 heavy (non-hydrogen) atoms. The molecule has 8 heteroatoms. The SMILES string of the molecule is NCCNCCN=Cc1cccc(CCc2cccc(C=NCCNCCN)n2)n1. The minimum Gasteiger partial charge on any atom is -0.329 e. The van der Waals surface area contributed by atoms with Crippen molar-refractivity contribution >= 4 is 12.4 Å². The first kappa shape index (κ1) is 23.8. The molecule has 0 bridgehead atoms. The Labute approximate surface area is 179 Å². The topological polar surface area (TPSA) is 127 Å². The molecule has 2 heterocycles. The van der Waals surface area contributed by atoms with Crippen LogP contribution in [0.1, 0.15) is 22.8 Å². The molecule has 0 saturated heterocycles. The standard InChI is InChI=1S/C22H34N8/c23-9-11-25-13-15-27-17-21-5-1-3-19(29-21)7-8-20-4-2-6-22(30-20)18-28-16-14-26-12-10-24/h1-6,17-18,25-26H,7-16,23-24H2. The zero-order chi connectivity index (χ0) is 21.3. The summed E-state index contributed by atoms with van der Waals surface area (Å²) in [5.41, 5.74) is 14.7. The normalized spacial score (nSPS) is 11.7. The maximum atomic E-state index is 5.44. The van der Waals surface area contributed by atoms with E-state index >= 15 is 0 Å². The van der Waals surface area contributed by atoms with Crippen LogP contribution in [0.3, 0.4) is 0 Å². The summed E-state index contributed by atoms with van der Waals surface area (Å²) in [6.45, 7) is 5.99. The molecule has 0 atom stereocenters. The first-order chi connectivity index (χ1) is 14.8. The molecule has 0 amide bonds. The number of rotatable bonds is 15. The van der Waals surface area contributed by atoms with Crippen molar-refractivity contribution in [1.82, 2.24) is 20.6 Å². The minimum absolute atomic E-state index is 0.643. The smallest absolute Gasteiger partial charge is 0.0811 e. The van der Waals surface area contributed by atoms with Gasteiger partial charge in [0, 0.05) is 63.1 Å². The lowest BCUT2D eigenvalue weighted by molar-refractivity contribution is 0.697. The van der Waals surface area contributed by atoms with E-state index in [1.165, 1.54) is 0 Å². The number of nitrogens with zero attached hydrogens (tertiary/aromatic N) is 4. The van der Waals surface area contributed by atoms with Crippen LogP contribution < -0.4 is 22.1 Å². The maximum Gasteiger partial charge on any atom is 0.0811 e. The van der Waals surface area contributed by atoms with Crippen LogP contribution in [0.4, 0.5) is 0 Å². The largest absolute Gasteiger partial charge is 0.329 e. The molecule has 0 spiro atoms. The molecule has 0 fully saturated rings. The Balaban J connectivity index is 1.79. The van der Waals surface area contributed by atoms with E-state index < -0.39 is 0 Å². The van der Waals surface area contributed by atoms with E-state index in [4.69, 9.17) is 11.5 Å². The fraction of sp³-hybridized carbons (Fsp3) is 0.455. The third-order valence-corrected chi connectivity index (χ3v) is 4.22. The zero-order valence-electron chi connectivity index (χ0n) is 17.6. The van der Waals surface area contributed by atoms with Gasteiger partial charge < -0.3 is 22.1 Å². The van der Waals surface area contributed by atoms with E-state index in [0.29, 0.717) is 26.2 Å². The summed E-state index contributed by atoms with van der Waals surface area (Å²) in [5.74, 6) is 0. The van der Waals surface area contributed by atoms with E-state index in [2.05, 4.69) is 30.6 Å². The third kappa shape index (κ3) is 10.3. The number of hydrogen-bond donors (Lipinski definition) is 4. The van der Waals surface area contributed by atoms with Crippen LogP contribution in [0.5, 0.6) is 0 Å². The Bertz CT molecular complexity index is 710. The summed E-state index contributed by atoms with van der Waals surface area (Å²) < 4.78 is 0. The number of aromatic nitrogens is 2. The molecule has 0 aliphatic heterocycles. The van der Waals surface area contributed by atoms with Crippen molar-refractivity contribution in [2.75, 3.05) is 52.4 Å². The van der Waals surface area contributed by atoms with Gasteiger partial charge in [0.1, 0.15) is 0 Å². The number of nitrogens with one attached hydrogen (secondary N) is 2. The summed E-state index contributed by atoms with van der Waals surface area (Å²) in [6.07, 6.45) is 5.31. The van der Waals surface area contributed by atoms with Gasteiger partial charge in [-0.25, -0.2) is 0 Å². The average molecular weight is 411 g/mol. The highest BCUT2D eigenvalue weighted by molar-refractivity contribution is 5.77. The summed E-state index contributed by atoms with van der Waals surface area (Å²) in [7, 11) is 0. The number of aliphatic imine (C=N–C) groups is 2. The predicted molar refractivity (Wildman–Crippen MR) is 125 cm³/mol. The van der Waals surface area contributed by atoms with Crippen LogP contribution >= 0.6 is 0 Å². The highest BCUT2D eigenvalue weighted by Crippen LogP contribution is 2.05. The molecule has 162 valence electrons. The van der Waals surface area contributed by atoms with Gasteiger partial charge in [0.25, 0.3) is 0 Å². The van der Waals surface area contributed by atoms with Gasteiger partial charge in [-0.15, -0.1) is 0 Å². The van der Waals surface area contributed by atoms with Crippen molar-refractivity contribution in [3.8, 4) is 0 Å². The summed E-state index contributed by atoms with van der Waals surface area (Å²) >= 11 is 0. The lowest BCUT2D eigenvalue weighted by Gasteiger charge is -2.04. The number of aryl methyl sites for hydroxylation is 2. The molecule has 2 rings (SSSR count). The third-order valence-electron chi connectivity index (χ3n) is 4.22. The van der Waals surface area contributed by atoms with Crippen molar-refractivity contribution in [2.24, 2.45) is 21.5 Å². The fourth-order valence-electron chi connectivity index (χ4n) is 2.73. The molecule has 2 aromatic rings. The second-order valence-electron chi connectivity index (χ2n) is 6.76. The molecule has 0 aliphatic carbocycles. The van der Waals surface area contributed by atoms with Crippen LogP contribution in [0, 0.1) is 0 Å². The Morgan fingerprint density at radius 2 is 1.17 bits per heavy atom. The molecular formula is C22H34N8. The summed E-state index contributed by atoms with van der Waals surface area (Å²) in [4.78, 5) is 18.2. The minimum atomic E-state index is 0.643. The fourth-order valence-corrected chi connectivity index (χ4v) is 2.73. The van der Waals surface area contributed by atoms with E-state index in [0.717, 1.165) is 61.8 Å². The van der Waals surface area contributed by atoms with Gasteiger partial charge in [-0.3, -0.25) is 20.0 Å². The summed E-state index contributed by atoms with van der Waals surface area (Å²) in [6, 6.07) is 12.1. The second kappa shape index (κ2) is 15.3. The van der Waals surface area contributed by atoms with Crippen LogP contribution in [-0.4, -0.2) is 74.8 Å².